The molecule has 0 heterocycles. The van der Waals surface area contributed by atoms with Crippen molar-refractivity contribution in [2.75, 3.05) is 13.7 Å². The zero-order valence-electron chi connectivity index (χ0n) is 10.9. The average molecular weight is 266 g/mol. The topological polar surface area (TPSA) is 95.5 Å². The number of rotatable bonds is 7. The fourth-order valence-corrected chi connectivity index (χ4v) is 1.91. The van der Waals surface area contributed by atoms with Crippen LogP contribution in [-0.4, -0.2) is 24.5 Å². The number of hydrogen-bond donors (Lipinski definition) is 1. The summed E-state index contributed by atoms with van der Waals surface area (Å²) in [6.45, 7) is 0.558. The number of carbonyl (C=O) groups excluding carboxylic acids is 1. The molecule has 1 unspecified atom stereocenters. The van der Waals surface area contributed by atoms with Gasteiger partial charge in [-0.3, -0.25) is 14.9 Å². The molecule has 104 valence electrons. The second kappa shape index (κ2) is 7.48. The summed E-state index contributed by atoms with van der Waals surface area (Å²) in [6, 6.07) is 6.10. The van der Waals surface area contributed by atoms with Crippen molar-refractivity contribution in [3.63, 3.8) is 0 Å². The molecular formula is C13H18N2O4. The third-order valence-corrected chi connectivity index (χ3v) is 2.92. The van der Waals surface area contributed by atoms with Gasteiger partial charge in [0.1, 0.15) is 0 Å². The normalized spacial score (nSPS) is 11.9. The molecule has 1 atom stereocenters. The van der Waals surface area contributed by atoms with Crippen molar-refractivity contribution in [3.8, 4) is 0 Å². The van der Waals surface area contributed by atoms with Crippen molar-refractivity contribution in [1.29, 1.82) is 0 Å². The molecule has 0 aliphatic heterocycles. The maximum Gasteiger partial charge on any atom is 0.313 e. The smallest absolute Gasteiger partial charge is 0.313 e. The van der Waals surface area contributed by atoms with Gasteiger partial charge in [-0.1, -0.05) is 18.6 Å². The summed E-state index contributed by atoms with van der Waals surface area (Å²) in [5.41, 5.74) is 6.01. The van der Waals surface area contributed by atoms with E-state index >= 15 is 0 Å². The molecule has 0 aromatic heterocycles. The third-order valence-electron chi connectivity index (χ3n) is 2.92. The number of non-ortho nitro benzene ring substituents is 1. The van der Waals surface area contributed by atoms with E-state index in [4.69, 9.17) is 10.5 Å². The Bertz CT molecular complexity index is 448. The number of ether oxygens (including phenoxy) is 1. The minimum absolute atomic E-state index is 0.0229. The van der Waals surface area contributed by atoms with E-state index in [1.54, 1.807) is 12.1 Å². The summed E-state index contributed by atoms with van der Waals surface area (Å²) in [4.78, 5) is 22.0. The Hall–Kier alpha value is -1.95. The number of nitro groups is 1. The number of nitro benzene ring substituents is 1. The lowest BCUT2D eigenvalue weighted by Gasteiger charge is -2.14. The number of hydrogen-bond acceptors (Lipinski definition) is 5. The molecule has 1 aromatic rings. The Labute approximate surface area is 111 Å². The van der Waals surface area contributed by atoms with Gasteiger partial charge in [0, 0.05) is 12.1 Å². The van der Waals surface area contributed by atoms with Crippen LogP contribution >= 0.6 is 0 Å². The Morgan fingerprint density at radius 3 is 2.79 bits per heavy atom. The molecule has 0 bridgehead atoms. The number of benzene rings is 1. The number of unbranched alkanes of at least 4 members (excludes halogenated alkanes) is 1. The number of esters is 1. The summed E-state index contributed by atoms with van der Waals surface area (Å²) >= 11 is 0. The van der Waals surface area contributed by atoms with Gasteiger partial charge in [-0.05, 0) is 24.9 Å². The first-order valence-electron chi connectivity index (χ1n) is 6.12. The average Bonchev–Trinajstić information content (AvgIpc) is 2.43. The van der Waals surface area contributed by atoms with Crippen LogP contribution in [0.2, 0.25) is 0 Å². The van der Waals surface area contributed by atoms with Crippen molar-refractivity contribution in [1.82, 2.24) is 0 Å². The van der Waals surface area contributed by atoms with Gasteiger partial charge < -0.3 is 10.5 Å². The van der Waals surface area contributed by atoms with E-state index in [0.29, 0.717) is 18.5 Å². The molecule has 19 heavy (non-hydrogen) atoms. The molecule has 0 aliphatic rings. The van der Waals surface area contributed by atoms with Crippen molar-refractivity contribution >= 4 is 11.7 Å². The first-order chi connectivity index (χ1) is 9.10. The van der Waals surface area contributed by atoms with Crippen LogP contribution in [0.1, 0.15) is 30.7 Å². The van der Waals surface area contributed by atoms with Crippen LogP contribution in [0.5, 0.6) is 0 Å². The predicted molar refractivity (Wildman–Crippen MR) is 70.8 cm³/mol. The lowest BCUT2D eigenvalue weighted by atomic mass is 9.93. The maximum atomic E-state index is 11.8. The highest BCUT2D eigenvalue weighted by Gasteiger charge is 2.22. The van der Waals surface area contributed by atoms with E-state index < -0.39 is 10.8 Å². The molecule has 6 nitrogen and oxygen atoms in total. The minimum Gasteiger partial charge on any atom is -0.469 e. The van der Waals surface area contributed by atoms with Crippen molar-refractivity contribution in [3.05, 3.63) is 39.9 Å². The van der Waals surface area contributed by atoms with Crippen molar-refractivity contribution < 1.29 is 14.5 Å². The van der Waals surface area contributed by atoms with Gasteiger partial charge in [0.05, 0.1) is 18.0 Å². The lowest BCUT2D eigenvalue weighted by Crippen LogP contribution is -2.15. The van der Waals surface area contributed by atoms with E-state index in [1.165, 1.54) is 19.2 Å². The maximum absolute atomic E-state index is 11.8. The molecule has 0 spiro atoms. The molecule has 0 saturated carbocycles. The zero-order valence-corrected chi connectivity index (χ0v) is 10.9. The fraction of sp³-hybridized carbons (Fsp3) is 0.462. The van der Waals surface area contributed by atoms with E-state index in [0.717, 1.165) is 12.8 Å². The molecule has 0 fully saturated rings. The van der Waals surface area contributed by atoms with E-state index in [9.17, 15) is 14.9 Å². The highest BCUT2D eigenvalue weighted by molar-refractivity contribution is 5.78. The second-order valence-corrected chi connectivity index (χ2v) is 4.21. The SMILES string of the molecule is COC(=O)C(CCCCN)c1cccc([N+](=O)[O-])c1. The lowest BCUT2D eigenvalue weighted by molar-refractivity contribution is -0.384. The van der Waals surface area contributed by atoms with E-state index in [-0.39, 0.29) is 11.7 Å². The molecule has 0 saturated heterocycles. The molecular weight excluding hydrogens is 248 g/mol. The van der Waals surface area contributed by atoms with Crippen LogP contribution in [-0.2, 0) is 9.53 Å². The quantitative estimate of drug-likeness (QED) is 0.352. The Morgan fingerprint density at radius 1 is 1.47 bits per heavy atom. The van der Waals surface area contributed by atoms with E-state index in [1.807, 2.05) is 0 Å². The van der Waals surface area contributed by atoms with Crippen molar-refractivity contribution in [2.45, 2.75) is 25.2 Å². The number of nitrogens with zero attached hydrogens (tertiary/aromatic N) is 1. The first-order valence-corrected chi connectivity index (χ1v) is 6.12. The molecule has 2 N–H and O–H groups in total. The van der Waals surface area contributed by atoms with Crippen LogP contribution < -0.4 is 5.73 Å². The van der Waals surface area contributed by atoms with Crippen LogP contribution in [0.25, 0.3) is 0 Å². The fourth-order valence-electron chi connectivity index (χ4n) is 1.91. The van der Waals surface area contributed by atoms with Gasteiger partial charge in [0.2, 0.25) is 0 Å². The van der Waals surface area contributed by atoms with Crippen LogP contribution in [0, 0.1) is 10.1 Å². The summed E-state index contributed by atoms with van der Waals surface area (Å²) in [5, 5.41) is 10.7. The third kappa shape index (κ3) is 4.33. The van der Waals surface area contributed by atoms with Crippen LogP contribution in [0.4, 0.5) is 5.69 Å². The number of methoxy groups -OCH3 is 1. The highest BCUT2D eigenvalue weighted by Crippen LogP contribution is 2.26. The van der Waals surface area contributed by atoms with E-state index in [2.05, 4.69) is 0 Å². The molecule has 0 aliphatic carbocycles. The van der Waals surface area contributed by atoms with Crippen LogP contribution in [0.3, 0.4) is 0 Å². The summed E-state index contributed by atoms with van der Waals surface area (Å²) in [6.07, 6.45) is 2.16. The molecule has 0 radical (unpaired) electrons. The van der Waals surface area contributed by atoms with Crippen molar-refractivity contribution in [2.24, 2.45) is 5.73 Å². The molecule has 1 rings (SSSR count). The molecule has 6 heteroatoms. The van der Waals surface area contributed by atoms with Gasteiger partial charge in [0.15, 0.2) is 0 Å². The number of nitrogens with two attached hydrogens (primary N) is 1. The largest absolute Gasteiger partial charge is 0.469 e. The van der Waals surface area contributed by atoms with Gasteiger partial charge in [-0.25, -0.2) is 0 Å². The zero-order chi connectivity index (χ0) is 14.3. The van der Waals surface area contributed by atoms with Crippen LogP contribution in [0.15, 0.2) is 24.3 Å². The molecule has 1 aromatic carbocycles. The summed E-state index contributed by atoms with van der Waals surface area (Å²) < 4.78 is 4.76. The Morgan fingerprint density at radius 2 is 2.21 bits per heavy atom. The van der Waals surface area contributed by atoms with Gasteiger partial charge in [-0.2, -0.15) is 0 Å². The predicted octanol–water partition coefficient (Wildman–Crippen LogP) is 1.98. The van der Waals surface area contributed by atoms with Gasteiger partial charge in [-0.15, -0.1) is 0 Å². The minimum atomic E-state index is -0.476. The Kier molecular flexibility index (Phi) is 5.95. The molecule has 0 amide bonds. The first kappa shape index (κ1) is 15.1. The van der Waals surface area contributed by atoms with Gasteiger partial charge in [0.25, 0.3) is 5.69 Å². The summed E-state index contributed by atoms with van der Waals surface area (Å²) in [7, 11) is 1.32. The summed E-state index contributed by atoms with van der Waals surface area (Å²) in [5.74, 6) is -0.853. The highest BCUT2D eigenvalue weighted by atomic mass is 16.6. The second-order valence-electron chi connectivity index (χ2n) is 4.21. The monoisotopic (exact) mass is 266 g/mol. The number of carbonyl (C=O) groups is 1. The Balaban J connectivity index is 2.92. The standard InChI is InChI=1S/C13H18N2O4/c1-19-13(16)12(7-2-3-8-14)10-5-4-6-11(9-10)15(17)18/h4-6,9,12H,2-3,7-8,14H2,1H3. The van der Waals surface area contributed by atoms with Gasteiger partial charge >= 0.3 is 5.97 Å².